The van der Waals surface area contributed by atoms with Crippen molar-refractivity contribution < 1.29 is 8.42 Å². The van der Waals surface area contributed by atoms with Gasteiger partial charge in [-0.15, -0.1) is 0 Å². The van der Waals surface area contributed by atoms with Crippen LogP contribution in [0.25, 0.3) is 0 Å². The summed E-state index contributed by atoms with van der Waals surface area (Å²) in [7, 11) is -3.69. The van der Waals surface area contributed by atoms with Gasteiger partial charge in [-0.2, -0.15) is 5.26 Å². The number of hydrogen-bond acceptors (Lipinski definition) is 3. The number of hydrogen-bond donors (Lipinski definition) is 1. The highest BCUT2D eigenvalue weighted by molar-refractivity contribution is 7.89. The minimum absolute atomic E-state index is 0.0432. The molecule has 2 aromatic rings. The first kappa shape index (κ1) is 15.8. The summed E-state index contributed by atoms with van der Waals surface area (Å²) >= 11 is 11.7. The fourth-order valence-corrected chi connectivity index (χ4v) is 3.03. The second-order valence-electron chi connectivity index (χ2n) is 4.21. The van der Waals surface area contributed by atoms with Gasteiger partial charge in [0.2, 0.25) is 10.0 Å². The van der Waals surface area contributed by atoms with Crippen LogP contribution in [-0.4, -0.2) is 8.42 Å². The van der Waals surface area contributed by atoms with Crippen molar-refractivity contribution >= 4 is 33.2 Å². The van der Waals surface area contributed by atoms with Gasteiger partial charge >= 0.3 is 0 Å². The highest BCUT2D eigenvalue weighted by Gasteiger charge is 2.14. The van der Waals surface area contributed by atoms with Crippen LogP contribution in [0, 0.1) is 11.3 Å². The third-order valence-electron chi connectivity index (χ3n) is 2.72. The number of nitriles is 1. The topological polar surface area (TPSA) is 70.0 Å². The zero-order chi connectivity index (χ0) is 15.5. The van der Waals surface area contributed by atoms with Crippen LogP contribution < -0.4 is 4.72 Å². The molecule has 0 heterocycles. The standard InChI is InChI=1S/C14H10Cl2N2O2S/c15-13-5-4-11(7-14(13)16)9-18-21(19,20)12-3-1-2-10(6-12)8-17/h1-7,18H,9H2. The molecule has 0 aliphatic carbocycles. The van der Waals surface area contributed by atoms with Crippen molar-refractivity contribution in [3.05, 3.63) is 63.6 Å². The molecule has 7 heteroatoms. The summed E-state index contributed by atoms with van der Waals surface area (Å²) in [6.07, 6.45) is 0. The molecule has 0 fully saturated rings. The van der Waals surface area contributed by atoms with Gasteiger partial charge in [0.1, 0.15) is 0 Å². The van der Waals surface area contributed by atoms with Crippen molar-refractivity contribution in [3.63, 3.8) is 0 Å². The molecule has 0 aromatic heterocycles. The van der Waals surface area contributed by atoms with Gasteiger partial charge in [-0.1, -0.05) is 35.3 Å². The Morgan fingerprint density at radius 2 is 1.86 bits per heavy atom. The maximum Gasteiger partial charge on any atom is 0.240 e. The van der Waals surface area contributed by atoms with Crippen LogP contribution in [0.4, 0.5) is 0 Å². The quantitative estimate of drug-likeness (QED) is 0.927. The average molecular weight is 341 g/mol. The van der Waals surface area contributed by atoms with Crippen LogP contribution in [0.5, 0.6) is 0 Å². The smallest absolute Gasteiger partial charge is 0.207 e. The Labute approximate surface area is 133 Å². The predicted octanol–water partition coefficient (Wildman–Crippen LogP) is 3.34. The Hall–Kier alpha value is -1.58. The van der Waals surface area contributed by atoms with Crippen LogP contribution >= 0.6 is 23.2 Å². The van der Waals surface area contributed by atoms with Gasteiger partial charge in [0, 0.05) is 6.54 Å². The maximum absolute atomic E-state index is 12.1. The van der Waals surface area contributed by atoms with Crippen LogP contribution in [0.1, 0.15) is 11.1 Å². The largest absolute Gasteiger partial charge is 0.240 e. The van der Waals surface area contributed by atoms with Crippen LogP contribution in [-0.2, 0) is 16.6 Å². The predicted molar refractivity (Wildman–Crippen MR) is 81.6 cm³/mol. The molecule has 108 valence electrons. The number of sulfonamides is 1. The second kappa shape index (κ2) is 6.46. The molecular formula is C14H10Cl2N2O2S. The van der Waals surface area contributed by atoms with E-state index >= 15 is 0 Å². The molecular weight excluding hydrogens is 331 g/mol. The van der Waals surface area contributed by atoms with Crippen molar-refractivity contribution in [3.8, 4) is 6.07 Å². The van der Waals surface area contributed by atoms with Crippen molar-refractivity contribution in [2.24, 2.45) is 0 Å². The lowest BCUT2D eigenvalue weighted by Gasteiger charge is -2.08. The first-order chi connectivity index (χ1) is 9.92. The lowest BCUT2D eigenvalue weighted by atomic mass is 10.2. The molecule has 0 saturated heterocycles. The molecule has 21 heavy (non-hydrogen) atoms. The maximum atomic E-state index is 12.1. The molecule has 0 aliphatic heterocycles. The average Bonchev–Trinajstić information content (AvgIpc) is 2.48. The Morgan fingerprint density at radius 3 is 2.52 bits per heavy atom. The number of benzene rings is 2. The van der Waals surface area contributed by atoms with E-state index in [2.05, 4.69) is 4.72 Å². The van der Waals surface area contributed by atoms with Gasteiger partial charge in [-0.3, -0.25) is 0 Å². The Bertz CT molecular complexity index is 814. The molecule has 0 atom stereocenters. The summed E-state index contributed by atoms with van der Waals surface area (Å²) in [5.41, 5.74) is 0.969. The van der Waals surface area contributed by atoms with Gasteiger partial charge in [-0.25, -0.2) is 13.1 Å². The second-order valence-corrected chi connectivity index (χ2v) is 6.79. The summed E-state index contributed by atoms with van der Waals surface area (Å²) in [4.78, 5) is 0.0432. The van der Waals surface area contributed by atoms with Crippen molar-refractivity contribution in [1.82, 2.24) is 4.72 Å². The van der Waals surface area contributed by atoms with E-state index < -0.39 is 10.0 Å². The van der Waals surface area contributed by atoms with Gasteiger partial charge in [0.25, 0.3) is 0 Å². The summed E-state index contributed by atoms with van der Waals surface area (Å²) in [6, 6.07) is 12.6. The van der Waals surface area contributed by atoms with Gasteiger partial charge in [-0.05, 0) is 35.9 Å². The van der Waals surface area contributed by atoms with E-state index in [1.165, 1.54) is 24.3 Å². The minimum Gasteiger partial charge on any atom is -0.207 e. The van der Waals surface area contributed by atoms with Crippen molar-refractivity contribution in [1.29, 1.82) is 5.26 Å². The highest BCUT2D eigenvalue weighted by Crippen LogP contribution is 2.22. The molecule has 2 rings (SSSR count). The van der Waals surface area contributed by atoms with E-state index in [-0.39, 0.29) is 17.0 Å². The summed E-state index contributed by atoms with van der Waals surface area (Å²) in [5, 5.41) is 9.57. The molecule has 0 radical (unpaired) electrons. The molecule has 0 amide bonds. The number of halogens is 2. The zero-order valence-electron chi connectivity index (χ0n) is 10.7. The van der Waals surface area contributed by atoms with E-state index in [0.717, 1.165) is 0 Å². The number of nitrogens with zero attached hydrogens (tertiary/aromatic N) is 1. The third kappa shape index (κ3) is 3.96. The lowest BCUT2D eigenvalue weighted by Crippen LogP contribution is -2.23. The van der Waals surface area contributed by atoms with Gasteiger partial charge < -0.3 is 0 Å². The minimum atomic E-state index is -3.69. The normalized spacial score (nSPS) is 11.1. The fraction of sp³-hybridized carbons (Fsp3) is 0.0714. The van der Waals surface area contributed by atoms with E-state index in [4.69, 9.17) is 28.5 Å². The first-order valence-corrected chi connectivity index (χ1v) is 8.10. The summed E-state index contributed by atoms with van der Waals surface area (Å²) in [6.45, 7) is 0.0794. The first-order valence-electron chi connectivity index (χ1n) is 5.86. The molecule has 1 N–H and O–H groups in total. The highest BCUT2D eigenvalue weighted by atomic mass is 35.5. The molecule has 2 aromatic carbocycles. The lowest BCUT2D eigenvalue weighted by molar-refractivity contribution is 0.581. The van der Waals surface area contributed by atoms with E-state index in [0.29, 0.717) is 15.6 Å². The van der Waals surface area contributed by atoms with Gasteiger partial charge in [0.05, 0.1) is 26.6 Å². The molecule has 0 aliphatic rings. The SMILES string of the molecule is N#Cc1cccc(S(=O)(=O)NCc2ccc(Cl)c(Cl)c2)c1. The van der Waals surface area contributed by atoms with Crippen LogP contribution in [0.15, 0.2) is 47.4 Å². The van der Waals surface area contributed by atoms with Crippen LogP contribution in [0.2, 0.25) is 10.0 Å². The molecule has 0 spiro atoms. The van der Waals surface area contributed by atoms with E-state index in [1.807, 2.05) is 6.07 Å². The zero-order valence-corrected chi connectivity index (χ0v) is 13.0. The van der Waals surface area contributed by atoms with E-state index in [9.17, 15) is 8.42 Å². The molecule has 0 unspecified atom stereocenters. The third-order valence-corrected chi connectivity index (χ3v) is 4.86. The molecule has 0 bridgehead atoms. The van der Waals surface area contributed by atoms with Crippen molar-refractivity contribution in [2.45, 2.75) is 11.4 Å². The number of rotatable bonds is 4. The van der Waals surface area contributed by atoms with Gasteiger partial charge in [0.15, 0.2) is 0 Å². The van der Waals surface area contributed by atoms with Crippen LogP contribution in [0.3, 0.4) is 0 Å². The summed E-state index contributed by atoms with van der Waals surface area (Å²) < 4.78 is 26.7. The Kier molecular flexibility index (Phi) is 4.86. The number of nitrogens with one attached hydrogen (secondary N) is 1. The summed E-state index contributed by atoms with van der Waals surface area (Å²) in [5.74, 6) is 0. The van der Waals surface area contributed by atoms with E-state index in [1.54, 1.807) is 18.2 Å². The molecule has 4 nitrogen and oxygen atoms in total. The van der Waals surface area contributed by atoms with Crippen molar-refractivity contribution in [2.75, 3.05) is 0 Å². The molecule has 0 saturated carbocycles. The monoisotopic (exact) mass is 340 g/mol. The Morgan fingerprint density at radius 1 is 1.10 bits per heavy atom. The fourth-order valence-electron chi connectivity index (χ4n) is 1.64. The Balaban J connectivity index is 2.17.